The Bertz CT molecular complexity index is 595. The van der Waals surface area contributed by atoms with E-state index in [1.54, 1.807) is 6.07 Å². The standard InChI is InChI=1S/C19H29ClN4O.HI/c1-2-21-19(22-13-18(25)16-7-3-4-8-17(16)20)24-12-9-15(14-24)23-10-5-6-11-23;/h3-4,7-8,15,18,25H,2,5-6,9-14H2,1H3,(H,21,22);1H. The van der Waals surface area contributed by atoms with E-state index in [2.05, 4.69) is 27.0 Å². The van der Waals surface area contributed by atoms with Crippen LogP contribution in [0.4, 0.5) is 0 Å². The van der Waals surface area contributed by atoms with Crippen molar-refractivity contribution in [2.24, 2.45) is 4.99 Å². The van der Waals surface area contributed by atoms with Crippen molar-refractivity contribution >= 4 is 41.5 Å². The summed E-state index contributed by atoms with van der Waals surface area (Å²) in [4.78, 5) is 9.62. The topological polar surface area (TPSA) is 51.1 Å². The van der Waals surface area contributed by atoms with Gasteiger partial charge in [-0.3, -0.25) is 9.89 Å². The molecule has 0 aliphatic carbocycles. The van der Waals surface area contributed by atoms with Crippen molar-refractivity contribution in [3.05, 3.63) is 34.9 Å². The van der Waals surface area contributed by atoms with E-state index in [1.165, 1.54) is 32.4 Å². The van der Waals surface area contributed by atoms with E-state index in [-0.39, 0.29) is 24.0 Å². The molecule has 5 nitrogen and oxygen atoms in total. The molecule has 0 radical (unpaired) electrons. The maximum atomic E-state index is 10.4. The molecule has 1 aromatic rings. The molecule has 2 fully saturated rings. The first kappa shape index (κ1) is 21.7. The van der Waals surface area contributed by atoms with Crippen LogP contribution < -0.4 is 5.32 Å². The quantitative estimate of drug-likeness (QED) is 0.377. The molecule has 146 valence electrons. The largest absolute Gasteiger partial charge is 0.386 e. The third kappa shape index (κ3) is 5.47. The lowest BCUT2D eigenvalue weighted by molar-refractivity contribution is 0.186. The predicted molar refractivity (Wildman–Crippen MR) is 119 cm³/mol. The number of likely N-dealkylation sites (tertiary alicyclic amines) is 2. The van der Waals surface area contributed by atoms with Crippen LogP contribution in [0.25, 0.3) is 0 Å². The van der Waals surface area contributed by atoms with Gasteiger partial charge in [-0.1, -0.05) is 29.8 Å². The summed E-state index contributed by atoms with van der Waals surface area (Å²) in [5.74, 6) is 0.898. The zero-order chi connectivity index (χ0) is 17.6. The first-order valence-electron chi connectivity index (χ1n) is 9.39. The second-order valence-electron chi connectivity index (χ2n) is 6.86. The summed E-state index contributed by atoms with van der Waals surface area (Å²) >= 11 is 6.17. The number of hydrogen-bond donors (Lipinski definition) is 2. The molecule has 0 bridgehead atoms. The second-order valence-corrected chi connectivity index (χ2v) is 7.27. The smallest absolute Gasteiger partial charge is 0.194 e. The molecule has 2 saturated heterocycles. The minimum atomic E-state index is -0.681. The number of rotatable bonds is 5. The molecule has 2 unspecified atom stereocenters. The lowest BCUT2D eigenvalue weighted by Gasteiger charge is -2.25. The fraction of sp³-hybridized carbons (Fsp3) is 0.632. The van der Waals surface area contributed by atoms with E-state index in [9.17, 15) is 5.11 Å². The van der Waals surface area contributed by atoms with Gasteiger partial charge in [-0.25, -0.2) is 0 Å². The number of halogens is 2. The van der Waals surface area contributed by atoms with E-state index in [0.29, 0.717) is 17.6 Å². The zero-order valence-electron chi connectivity index (χ0n) is 15.4. The van der Waals surface area contributed by atoms with Gasteiger partial charge >= 0.3 is 0 Å². The summed E-state index contributed by atoms with van der Waals surface area (Å²) < 4.78 is 0. The molecule has 2 heterocycles. The van der Waals surface area contributed by atoms with Gasteiger partial charge in [0.25, 0.3) is 0 Å². The summed E-state index contributed by atoms with van der Waals surface area (Å²) in [6.07, 6.45) is 3.17. The minimum absolute atomic E-state index is 0. The monoisotopic (exact) mass is 492 g/mol. The van der Waals surface area contributed by atoms with E-state index < -0.39 is 6.10 Å². The summed E-state index contributed by atoms with van der Waals surface area (Å²) in [7, 11) is 0. The molecular weight excluding hydrogens is 463 g/mol. The lowest BCUT2D eigenvalue weighted by atomic mass is 10.1. The average Bonchev–Trinajstić information content (AvgIpc) is 3.29. The fourth-order valence-electron chi connectivity index (χ4n) is 3.78. The van der Waals surface area contributed by atoms with Crippen LogP contribution in [0.5, 0.6) is 0 Å². The number of guanidine groups is 1. The molecule has 0 aromatic heterocycles. The molecule has 26 heavy (non-hydrogen) atoms. The van der Waals surface area contributed by atoms with Crippen LogP contribution in [0.15, 0.2) is 29.3 Å². The number of nitrogens with one attached hydrogen (secondary N) is 1. The highest BCUT2D eigenvalue weighted by atomic mass is 127. The first-order valence-corrected chi connectivity index (χ1v) is 9.76. The Morgan fingerprint density at radius 2 is 2.04 bits per heavy atom. The van der Waals surface area contributed by atoms with Gasteiger partial charge in [-0.05, 0) is 45.3 Å². The van der Waals surface area contributed by atoms with Crippen LogP contribution >= 0.6 is 35.6 Å². The average molecular weight is 493 g/mol. The van der Waals surface area contributed by atoms with Crippen LogP contribution in [0, 0.1) is 0 Å². The Hall–Kier alpha value is -0.570. The molecule has 0 amide bonds. The number of aliphatic hydroxyl groups excluding tert-OH is 1. The number of nitrogens with zero attached hydrogens (tertiary/aromatic N) is 3. The molecular formula is C19H30ClIN4O. The lowest BCUT2D eigenvalue weighted by Crippen LogP contribution is -2.43. The van der Waals surface area contributed by atoms with Crippen molar-refractivity contribution in [2.75, 3.05) is 39.3 Å². The van der Waals surface area contributed by atoms with Crippen LogP contribution in [-0.2, 0) is 0 Å². The Morgan fingerprint density at radius 1 is 1.31 bits per heavy atom. The van der Waals surface area contributed by atoms with Crippen molar-refractivity contribution in [2.45, 2.75) is 38.3 Å². The van der Waals surface area contributed by atoms with E-state index in [0.717, 1.165) is 31.2 Å². The van der Waals surface area contributed by atoms with Gasteiger partial charge in [-0.15, -0.1) is 24.0 Å². The van der Waals surface area contributed by atoms with E-state index >= 15 is 0 Å². The van der Waals surface area contributed by atoms with Crippen molar-refractivity contribution < 1.29 is 5.11 Å². The highest BCUT2D eigenvalue weighted by Gasteiger charge is 2.30. The predicted octanol–water partition coefficient (Wildman–Crippen LogP) is 3.13. The Balaban J connectivity index is 0.00000243. The maximum Gasteiger partial charge on any atom is 0.194 e. The van der Waals surface area contributed by atoms with Crippen LogP contribution in [0.1, 0.15) is 37.9 Å². The highest BCUT2D eigenvalue weighted by molar-refractivity contribution is 14.0. The van der Waals surface area contributed by atoms with Crippen molar-refractivity contribution in [3.63, 3.8) is 0 Å². The Morgan fingerprint density at radius 3 is 2.73 bits per heavy atom. The molecule has 2 aliphatic heterocycles. The third-order valence-corrected chi connectivity index (χ3v) is 5.48. The normalized spacial score (nSPS) is 22.3. The second kappa shape index (κ2) is 10.7. The van der Waals surface area contributed by atoms with Crippen LogP contribution in [0.3, 0.4) is 0 Å². The first-order chi connectivity index (χ1) is 12.2. The SMILES string of the molecule is CCNC(=NCC(O)c1ccccc1Cl)N1CCC(N2CCCC2)C1.I. The summed E-state index contributed by atoms with van der Waals surface area (Å²) in [5.41, 5.74) is 0.736. The van der Waals surface area contributed by atoms with Gasteiger partial charge < -0.3 is 15.3 Å². The van der Waals surface area contributed by atoms with Crippen LogP contribution in [0.2, 0.25) is 5.02 Å². The molecule has 0 spiro atoms. The Kier molecular flexibility index (Phi) is 8.93. The molecule has 2 aliphatic rings. The van der Waals surface area contributed by atoms with Gasteiger partial charge in [0.1, 0.15) is 6.10 Å². The number of aliphatic hydroxyl groups is 1. The molecule has 0 saturated carbocycles. The maximum absolute atomic E-state index is 10.4. The van der Waals surface area contributed by atoms with E-state index in [1.807, 2.05) is 18.2 Å². The molecule has 7 heteroatoms. The summed E-state index contributed by atoms with van der Waals surface area (Å²) in [6, 6.07) is 8.06. The highest BCUT2D eigenvalue weighted by Crippen LogP contribution is 2.23. The van der Waals surface area contributed by atoms with Gasteiger partial charge in [0.15, 0.2) is 5.96 Å². The fourth-order valence-corrected chi connectivity index (χ4v) is 4.04. The van der Waals surface area contributed by atoms with Gasteiger partial charge in [0.2, 0.25) is 0 Å². The van der Waals surface area contributed by atoms with Crippen molar-refractivity contribution in [1.29, 1.82) is 0 Å². The Labute approximate surface area is 178 Å². The number of benzene rings is 1. The number of hydrogen-bond acceptors (Lipinski definition) is 3. The van der Waals surface area contributed by atoms with Gasteiger partial charge in [-0.2, -0.15) is 0 Å². The van der Waals surface area contributed by atoms with Crippen LogP contribution in [-0.4, -0.2) is 66.2 Å². The minimum Gasteiger partial charge on any atom is -0.386 e. The number of aliphatic imine (C=N–C) groups is 1. The zero-order valence-corrected chi connectivity index (χ0v) is 18.5. The third-order valence-electron chi connectivity index (χ3n) is 5.13. The van der Waals surface area contributed by atoms with Gasteiger partial charge in [0, 0.05) is 36.3 Å². The summed E-state index contributed by atoms with van der Waals surface area (Å²) in [5, 5.41) is 14.4. The van der Waals surface area contributed by atoms with E-state index in [4.69, 9.17) is 11.6 Å². The molecule has 1 aromatic carbocycles. The molecule has 2 atom stereocenters. The molecule has 2 N–H and O–H groups in total. The summed E-state index contributed by atoms with van der Waals surface area (Å²) in [6.45, 7) is 7.73. The van der Waals surface area contributed by atoms with Crippen molar-refractivity contribution in [1.82, 2.24) is 15.1 Å². The van der Waals surface area contributed by atoms with Crippen molar-refractivity contribution in [3.8, 4) is 0 Å². The molecule has 3 rings (SSSR count). The van der Waals surface area contributed by atoms with Gasteiger partial charge in [0.05, 0.1) is 6.54 Å².